The zero-order valence-electron chi connectivity index (χ0n) is 17.5. The van der Waals surface area contributed by atoms with Crippen LogP contribution in [0.25, 0.3) is 0 Å². The Balaban J connectivity index is 3.05. The molecule has 0 aliphatic rings. The first-order valence-corrected chi connectivity index (χ1v) is 10.5. The molecule has 0 aromatic heterocycles. The van der Waals surface area contributed by atoms with Crippen molar-refractivity contribution in [2.45, 2.75) is 44.8 Å². The predicted molar refractivity (Wildman–Crippen MR) is 118 cm³/mol. The van der Waals surface area contributed by atoms with Gasteiger partial charge in [-0.2, -0.15) is 12.6 Å². The quantitative estimate of drug-likeness (QED) is 0.207. The number of amides is 3. The lowest BCUT2D eigenvalue weighted by atomic mass is 9.97. The van der Waals surface area contributed by atoms with E-state index in [9.17, 15) is 24.3 Å². The number of aliphatic carboxylic acids is 1. The van der Waals surface area contributed by atoms with E-state index in [1.54, 1.807) is 19.1 Å². The molecule has 4 unspecified atom stereocenters. The highest BCUT2D eigenvalue weighted by molar-refractivity contribution is 7.80. The van der Waals surface area contributed by atoms with Gasteiger partial charge < -0.3 is 31.9 Å². The summed E-state index contributed by atoms with van der Waals surface area (Å²) >= 11 is 3.99. The number of carbonyl (C=O) groups is 4. The van der Waals surface area contributed by atoms with Crippen molar-refractivity contribution >= 4 is 36.3 Å². The van der Waals surface area contributed by atoms with Crippen LogP contribution in [0.2, 0.25) is 0 Å². The number of hydrogen-bond acceptors (Lipinski definition) is 7. The molecule has 7 N–H and O–H groups in total. The fraction of sp³-hybridized carbons (Fsp3) is 0.500. The van der Waals surface area contributed by atoms with Crippen molar-refractivity contribution in [3.05, 3.63) is 29.8 Å². The number of hydrogen-bond donors (Lipinski definition) is 7. The molecule has 1 aromatic carbocycles. The first-order chi connectivity index (χ1) is 14.6. The minimum atomic E-state index is -1.21. The molecule has 11 heteroatoms. The Kier molecular flexibility index (Phi) is 10.8. The van der Waals surface area contributed by atoms with Gasteiger partial charge in [0.05, 0.1) is 6.04 Å². The molecule has 0 aliphatic carbocycles. The van der Waals surface area contributed by atoms with Crippen LogP contribution in [0.1, 0.15) is 25.8 Å². The summed E-state index contributed by atoms with van der Waals surface area (Å²) in [5, 5.41) is 25.7. The van der Waals surface area contributed by atoms with Crippen molar-refractivity contribution < 1.29 is 29.4 Å². The highest BCUT2D eigenvalue weighted by atomic mass is 32.1. The first kappa shape index (κ1) is 26.2. The van der Waals surface area contributed by atoms with Crippen LogP contribution < -0.4 is 21.7 Å². The number of carboxylic acid groups (broad SMARTS) is 1. The summed E-state index contributed by atoms with van der Waals surface area (Å²) in [6.07, 6.45) is 0.631. The van der Waals surface area contributed by atoms with Crippen LogP contribution in [0.15, 0.2) is 24.3 Å². The molecule has 0 fully saturated rings. The summed E-state index contributed by atoms with van der Waals surface area (Å²) in [5.41, 5.74) is 6.35. The summed E-state index contributed by atoms with van der Waals surface area (Å²) in [4.78, 5) is 48.5. The molecule has 0 heterocycles. The van der Waals surface area contributed by atoms with E-state index in [1.165, 1.54) is 12.1 Å². The fourth-order valence-electron chi connectivity index (χ4n) is 2.67. The molecule has 0 bridgehead atoms. The van der Waals surface area contributed by atoms with Crippen molar-refractivity contribution in [2.24, 2.45) is 11.7 Å². The number of thiol groups is 1. The van der Waals surface area contributed by atoms with Crippen LogP contribution in [-0.2, 0) is 25.6 Å². The van der Waals surface area contributed by atoms with Gasteiger partial charge in [0.15, 0.2) is 0 Å². The second-order valence-electron chi connectivity index (χ2n) is 7.20. The summed E-state index contributed by atoms with van der Waals surface area (Å²) in [5.74, 6) is -3.20. The third kappa shape index (κ3) is 8.85. The number of carboxylic acids is 1. The predicted octanol–water partition coefficient (Wildman–Crippen LogP) is -0.592. The van der Waals surface area contributed by atoms with Gasteiger partial charge in [-0.25, -0.2) is 0 Å². The summed E-state index contributed by atoms with van der Waals surface area (Å²) in [6, 6.07) is 3.14. The van der Waals surface area contributed by atoms with Crippen LogP contribution in [0.5, 0.6) is 5.75 Å². The number of nitrogens with two attached hydrogens (primary N) is 1. The second-order valence-corrected chi connectivity index (χ2v) is 7.57. The van der Waals surface area contributed by atoms with Gasteiger partial charge in [-0.05, 0) is 23.6 Å². The molecule has 172 valence electrons. The molecule has 3 amide bonds. The number of phenols is 1. The maximum atomic E-state index is 13.0. The number of benzene rings is 1. The minimum absolute atomic E-state index is 0.0535. The van der Waals surface area contributed by atoms with Gasteiger partial charge in [0.1, 0.15) is 24.4 Å². The van der Waals surface area contributed by atoms with Gasteiger partial charge in [-0.15, -0.1) is 0 Å². The lowest BCUT2D eigenvalue weighted by Gasteiger charge is -2.27. The van der Waals surface area contributed by atoms with Crippen LogP contribution >= 0.6 is 12.6 Å². The zero-order chi connectivity index (χ0) is 23.6. The van der Waals surface area contributed by atoms with Crippen molar-refractivity contribution in [3.63, 3.8) is 0 Å². The Hall–Kier alpha value is -2.79. The van der Waals surface area contributed by atoms with Crippen molar-refractivity contribution in [1.82, 2.24) is 16.0 Å². The molecule has 1 aromatic rings. The Morgan fingerprint density at radius 1 is 1.06 bits per heavy atom. The van der Waals surface area contributed by atoms with E-state index in [2.05, 4.69) is 28.6 Å². The van der Waals surface area contributed by atoms with Crippen molar-refractivity contribution in [2.75, 3.05) is 12.3 Å². The normalized spacial score (nSPS) is 14.6. The Morgan fingerprint density at radius 3 is 2.19 bits per heavy atom. The molecule has 0 spiro atoms. The van der Waals surface area contributed by atoms with Gasteiger partial charge in [-0.1, -0.05) is 32.4 Å². The van der Waals surface area contributed by atoms with E-state index in [4.69, 9.17) is 10.8 Å². The van der Waals surface area contributed by atoms with E-state index >= 15 is 0 Å². The van der Waals surface area contributed by atoms with Gasteiger partial charge >= 0.3 is 5.97 Å². The van der Waals surface area contributed by atoms with E-state index in [1.807, 2.05) is 6.92 Å². The van der Waals surface area contributed by atoms with E-state index in [-0.39, 0.29) is 23.8 Å². The van der Waals surface area contributed by atoms with Gasteiger partial charge in [0, 0.05) is 12.2 Å². The number of nitrogens with one attached hydrogen (secondary N) is 3. The summed E-state index contributed by atoms with van der Waals surface area (Å²) in [7, 11) is 0. The molecule has 0 saturated heterocycles. The standard InChI is InChI=1S/C20H30N4O6S/c1-3-11(2)17(20(30)22-9-16(26)27)24-19(29)15(23-18(28)14(21)10-31)8-12-4-6-13(25)7-5-12/h4-7,11,14-15,17,25,31H,3,8-10,21H2,1-2H3,(H,22,30)(H,23,28)(H,24,29)(H,26,27). The SMILES string of the molecule is CCC(C)C(NC(=O)C(Cc1ccc(O)cc1)NC(=O)C(N)CS)C(=O)NCC(=O)O. The lowest BCUT2D eigenvalue weighted by molar-refractivity contribution is -0.139. The molecule has 10 nitrogen and oxygen atoms in total. The maximum Gasteiger partial charge on any atom is 0.322 e. The average Bonchev–Trinajstić information content (AvgIpc) is 2.75. The summed E-state index contributed by atoms with van der Waals surface area (Å²) in [6.45, 7) is 3.00. The van der Waals surface area contributed by atoms with E-state index < -0.39 is 48.4 Å². The molecule has 31 heavy (non-hydrogen) atoms. The van der Waals surface area contributed by atoms with Crippen molar-refractivity contribution in [3.8, 4) is 5.75 Å². The second kappa shape index (κ2) is 12.8. The van der Waals surface area contributed by atoms with Crippen LogP contribution in [0.3, 0.4) is 0 Å². The molecular formula is C20H30N4O6S. The Morgan fingerprint density at radius 2 is 1.68 bits per heavy atom. The third-order valence-electron chi connectivity index (χ3n) is 4.75. The fourth-order valence-corrected chi connectivity index (χ4v) is 2.83. The molecule has 0 aliphatic heterocycles. The highest BCUT2D eigenvalue weighted by Crippen LogP contribution is 2.13. The van der Waals surface area contributed by atoms with Crippen molar-refractivity contribution in [1.29, 1.82) is 0 Å². The summed E-state index contributed by atoms with van der Waals surface area (Å²) < 4.78 is 0. The van der Waals surface area contributed by atoms with E-state index in [0.717, 1.165) is 0 Å². The van der Waals surface area contributed by atoms with Crippen LogP contribution in [-0.4, -0.2) is 64.3 Å². The minimum Gasteiger partial charge on any atom is -0.508 e. The Bertz CT molecular complexity index is 773. The number of phenolic OH excluding ortho intramolecular Hbond substituents is 1. The number of carbonyl (C=O) groups excluding carboxylic acids is 3. The Labute approximate surface area is 186 Å². The van der Waals surface area contributed by atoms with Gasteiger partial charge in [0.25, 0.3) is 0 Å². The number of rotatable bonds is 12. The van der Waals surface area contributed by atoms with E-state index in [0.29, 0.717) is 12.0 Å². The van der Waals surface area contributed by atoms with Gasteiger partial charge in [-0.3, -0.25) is 19.2 Å². The largest absolute Gasteiger partial charge is 0.508 e. The average molecular weight is 455 g/mol. The van der Waals surface area contributed by atoms with Crippen LogP contribution in [0.4, 0.5) is 0 Å². The number of aromatic hydroxyl groups is 1. The molecule has 1 rings (SSSR count). The monoisotopic (exact) mass is 454 g/mol. The highest BCUT2D eigenvalue weighted by Gasteiger charge is 2.30. The molecule has 4 atom stereocenters. The molecule has 0 radical (unpaired) electrons. The third-order valence-corrected chi connectivity index (χ3v) is 5.14. The smallest absolute Gasteiger partial charge is 0.322 e. The lowest BCUT2D eigenvalue weighted by Crippen LogP contribution is -2.58. The van der Waals surface area contributed by atoms with Gasteiger partial charge in [0.2, 0.25) is 17.7 Å². The molecule has 0 saturated carbocycles. The molecular weight excluding hydrogens is 424 g/mol. The topological polar surface area (TPSA) is 171 Å². The van der Waals surface area contributed by atoms with Crippen LogP contribution in [0, 0.1) is 5.92 Å². The first-order valence-electron chi connectivity index (χ1n) is 9.83. The maximum absolute atomic E-state index is 13.0. The zero-order valence-corrected chi connectivity index (χ0v) is 18.4.